The molecule has 0 bridgehead atoms. The lowest BCUT2D eigenvalue weighted by Crippen LogP contribution is -2.42. The van der Waals surface area contributed by atoms with E-state index in [-0.39, 0.29) is 17.4 Å². The van der Waals surface area contributed by atoms with Gasteiger partial charge in [0.25, 0.3) is 5.56 Å². The van der Waals surface area contributed by atoms with Crippen molar-refractivity contribution < 1.29 is 18.0 Å². The van der Waals surface area contributed by atoms with Crippen molar-refractivity contribution in [2.75, 3.05) is 4.72 Å². The van der Waals surface area contributed by atoms with Crippen LogP contribution in [0.25, 0.3) is 10.8 Å². The monoisotopic (exact) mass is 486 g/mol. The number of aryl methyl sites for hydroxylation is 1. The first-order chi connectivity index (χ1) is 16.0. The SMILES string of the molecule is Cc1ccc(NS(=O)(=O)Cc2cccc3ccccc23)c(=O)n1C(C(N)=O)C(C)ON=C(N)N. The van der Waals surface area contributed by atoms with E-state index in [0.717, 1.165) is 15.3 Å². The average Bonchev–Trinajstić information content (AvgIpc) is 2.76. The molecule has 12 heteroatoms. The number of carbonyl (C=O) groups excluding carboxylic acids is 1. The molecule has 3 aromatic rings. The highest BCUT2D eigenvalue weighted by Gasteiger charge is 2.30. The van der Waals surface area contributed by atoms with Gasteiger partial charge in [-0.25, -0.2) is 8.42 Å². The van der Waals surface area contributed by atoms with E-state index in [1.807, 2.05) is 30.3 Å². The van der Waals surface area contributed by atoms with Crippen molar-refractivity contribution in [3.05, 3.63) is 76.2 Å². The van der Waals surface area contributed by atoms with Gasteiger partial charge >= 0.3 is 0 Å². The quantitative estimate of drug-likeness (QED) is 0.196. The fourth-order valence-corrected chi connectivity index (χ4v) is 4.89. The predicted molar refractivity (Wildman–Crippen MR) is 130 cm³/mol. The van der Waals surface area contributed by atoms with Crippen molar-refractivity contribution >= 4 is 38.3 Å². The lowest BCUT2D eigenvalue weighted by molar-refractivity contribution is -0.125. The van der Waals surface area contributed by atoms with Crippen LogP contribution in [0.1, 0.15) is 24.2 Å². The number of rotatable bonds is 9. The normalized spacial score (nSPS) is 13.1. The van der Waals surface area contributed by atoms with Gasteiger partial charge in [-0.2, -0.15) is 0 Å². The van der Waals surface area contributed by atoms with Crippen LogP contribution in [0.5, 0.6) is 0 Å². The van der Waals surface area contributed by atoms with E-state index < -0.39 is 33.6 Å². The van der Waals surface area contributed by atoms with Gasteiger partial charge in [0.2, 0.25) is 21.9 Å². The van der Waals surface area contributed by atoms with Gasteiger partial charge < -0.3 is 22.0 Å². The van der Waals surface area contributed by atoms with Crippen molar-refractivity contribution in [1.29, 1.82) is 0 Å². The molecular weight excluding hydrogens is 460 g/mol. The Morgan fingerprint density at radius 3 is 2.44 bits per heavy atom. The van der Waals surface area contributed by atoms with E-state index in [9.17, 15) is 18.0 Å². The Bertz CT molecular complexity index is 1410. The summed E-state index contributed by atoms with van der Waals surface area (Å²) in [6, 6.07) is 14.3. The summed E-state index contributed by atoms with van der Waals surface area (Å²) in [4.78, 5) is 30.5. The van der Waals surface area contributed by atoms with E-state index in [0.29, 0.717) is 11.3 Å². The van der Waals surface area contributed by atoms with Crippen molar-refractivity contribution in [2.24, 2.45) is 22.4 Å². The Morgan fingerprint density at radius 1 is 1.09 bits per heavy atom. The summed E-state index contributed by atoms with van der Waals surface area (Å²) in [5, 5.41) is 5.09. The second-order valence-electron chi connectivity index (χ2n) is 7.74. The zero-order valence-electron chi connectivity index (χ0n) is 18.6. The number of guanidine groups is 1. The molecule has 34 heavy (non-hydrogen) atoms. The number of primary amides is 1. The molecule has 2 aromatic carbocycles. The minimum atomic E-state index is -3.98. The molecule has 1 amide bonds. The molecule has 1 aromatic heterocycles. The summed E-state index contributed by atoms with van der Waals surface area (Å²) in [7, 11) is -3.98. The van der Waals surface area contributed by atoms with Crippen LogP contribution in [-0.2, 0) is 25.4 Å². The molecule has 0 fully saturated rings. The number of nitrogens with one attached hydrogen (secondary N) is 1. The molecule has 1 heterocycles. The zero-order valence-corrected chi connectivity index (χ0v) is 19.5. The van der Waals surface area contributed by atoms with Crippen LogP contribution in [-0.4, -0.2) is 31.0 Å². The first kappa shape index (κ1) is 24.6. The van der Waals surface area contributed by atoms with Gasteiger partial charge in [-0.1, -0.05) is 42.5 Å². The van der Waals surface area contributed by atoms with Crippen LogP contribution >= 0.6 is 0 Å². The summed E-state index contributed by atoms with van der Waals surface area (Å²) in [6.07, 6.45) is -1.03. The van der Waals surface area contributed by atoms with Crippen LogP contribution in [0.15, 0.2) is 64.5 Å². The standard InChI is InChI=1S/C22H26N6O5S/c1-13-10-11-18(21(30)28(13)19(20(23)29)14(2)33-26-22(24)25)27-34(31,32)12-16-8-5-7-15-6-3-4-9-17(15)16/h3-11,14,19,27H,12H2,1-2H3,(H2,23,29)(H4,24,25,26). The van der Waals surface area contributed by atoms with Gasteiger partial charge in [-0.3, -0.25) is 18.9 Å². The maximum atomic E-state index is 13.2. The largest absolute Gasteiger partial charge is 0.387 e. The fourth-order valence-electron chi connectivity index (χ4n) is 3.67. The molecule has 0 aliphatic carbocycles. The number of hydrogen-bond donors (Lipinski definition) is 4. The molecule has 0 aliphatic heterocycles. The molecule has 0 aliphatic rings. The third kappa shape index (κ3) is 5.46. The van der Waals surface area contributed by atoms with Crippen molar-refractivity contribution in [3.8, 4) is 0 Å². The maximum absolute atomic E-state index is 13.2. The molecule has 2 atom stereocenters. The molecule has 180 valence electrons. The lowest BCUT2D eigenvalue weighted by atomic mass is 10.1. The number of nitrogens with two attached hydrogens (primary N) is 3. The molecular formula is C22H26N6O5S. The number of anilines is 1. The second kappa shape index (κ2) is 9.83. The molecule has 3 rings (SSSR count). The van der Waals surface area contributed by atoms with E-state index >= 15 is 0 Å². The second-order valence-corrected chi connectivity index (χ2v) is 9.46. The van der Waals surface area contributed by atoms with Crippen LogP contribution in [0, 0.1) is 6.92 Å². The van der Waals surface area contributed by atoms with E-state index in [2.05, 4.69) is 9.88 Å². The number of hydrogen-bond acceptors (Lipinski definition) is 6. The minimum absolute atomic E-state index is 0.244. The number of fused-ring (bicyclic) bond motifs is 1. The molecule has 0 spiro atoms. The molecule has 2 unspecified atom stereocenters. The maximum Gasteiger partial charge on any atom is 0.275 e. The van der Waals surface area contributed by atoms with Crippen LogP contribution < -0.4 is 27.5 Å². The first-order valence-corrected chi connectivity index (χ1v) is 11.9. The summed E-state index contributed by atoms with van der Waals surface area (Å²) in [6.45, 7) is 3.02. The van der Waals surface area contributed by atoms with Gasteiger partial charge in [-0.05, 0) is 47.5 Å². The first-order valence-electron chi connectivity index (χ1n) is 10.2. The topological polar surface area (TPSA) is 185 Å². The lowest BCUT2D eigenvalue weighted by Gasteiger charge is -2.24. The number of oxime groups is 1. The van der Waals surface area contributed by atoms with Crippen LogP contribution in [0.4, 0.5) is 5.69 Å². The number of sulfonamides is 1. The number of carbonyl (C=O) groups is 1. The van der Waals surface area contributed by atoms with E-state index in [1.165, 1.54) is 19.1 Å². The van der Waals surface area contributed by atoms with Crippen molar-refractivity contribution in [2.45, 2.75) is 31.7 Å². The molecule has 0 saturated carbocycles. The number of aromatic nitrogens is 1. The Labute approximate surface area is 196 Å². The van der Waals surface area contributed by atoms with Gasteiger partial charge in [0.15, 0.2) is 12.1 Å². The summed E-state index contributed by atoms with van der Waals surface area (Å²) in [5.74, 6) is -1.63. The third-order valence-corrected chi connectivity index (χ3v) is 6.37. The molecule has 11 nitrogen and oxygen atoms in total. The number of amides is 1. The van der Waals surface area contributed by atoms with E-state index in [4.69, 9.17) is 22.0 Å². The number of pyridine rings is 1. The highest BCUT2D eigenvalue weighted by Crippen LogP contribution is 2.22. The van der Waals surface area contributed by atoms with Crippen LogP contribution in [0.3, 0.4) is 0 Å². The van der Waals surface area contributed by atoms with Gasteiger partial charge in [0.1, 0.15) is 5.69 Å². The summed E-state index contributed by atoms with van der Waals surface area (Å²) < 4.78 is 29.3. The smallest absolute Gasteiger partial charge is 0.275 e. The van der Waals surface area contributed by atoms with Crippen molar-refractivity contribution in [3.63, 3.8) is 0 Å². The van der Waals surface area contributed by atoms with Crippen LogP contribution in [0.2, 0.25) is 0 Å². The molecule has 0 radical (unpaired) electrons. The number of benzene rings is 2. The summed E-state index contributed by atoms with van der Waals surface area (Å²) in [5.41, 5.74) is 15.9. The average molecular weight is 487 g/mol. The number of nitrogens with zero attached hydrogens (tertiary/aromatic N) is 2. The predicted octanol–water partition coefficient (Wildman–Crippen LogP) is 0.872. The molecule has 7 N–H and O–H groups in total. The highest BCUT2D eigenvalue weighted by atomic mass is 32.2. The Kier molecular flexibility index (Phi) is 7.11. The van der Waals surface area contributed by atoms with Crippen molar-refractivity contribution in [1.82, 2.24) is 4.57 Å². The Balaban J connectivity index is 1.96. The fraction of sp³-hybridized carbons (Fsp3) is 0.227. The highest BCUT2D eigenvalue weighted by molar-refractivity contribution is 7.91. The van der Waals surface area contributed by atoms with E-state index in [1.54, 1.807) is 19.1 Å². The third-order valence-electron chi connectivity index (χ3n) is 5.15. The Morgan fingerprint density at radius 2 is 1.76 bits per heavy atom. The molecule has 0 saturated heterocycles. The summed E-state index contributed by atoms with van der Waals surface area (Å²) >= 11 is 0. The van der Waals surface area contributed by atoms with Gasteiger partial charge in [-0.15, -0.1) is 0 Å². The van der Waals surface area contributed by atoms with Gasteiger partial charge in [0, 0.05) is 5.69 Å². The zero-order chi connectivity index (χ0) is 25.0. The van der Waals surface area contributed by atoms with Gasteiger partial charge in [0.05, 0.1) is 5.75 Å². The Hall–Kier alpha value is -4.06. The minimum Gasteiger partial charge on any atom is -0.387 e.